The monoisotopic (exact) mass is 295 g/mol. The van der Waals surface area contributed by atoms with E-state index in [9.17, 15) is 0 Å². The summed E-state index contributed by atoms with van der Waals surface area (Å²) in [4.78, 5) is 6.93. The van der Waals surface area contributed by atoms with Crippen LogP contribution < -0.4 is 15.4 Å². The van der Waals surface area contributed by atoms with Gasteiger partial charge in [-0.3, -0.25) is 0 Å². The molecule has 2 rings (SSSR count). The van der Waals surface area contributed by atoms with Crippen molar-refractivity contribution in [2.24, 2.45) is 0 Å². The molecule has 0 saturated carbocycles. The molecule has 1 aromatic heterocycles. The molecule has 2 N–H and O–H groups in total. The number of thioether (sulfide) groups is 1. The van der Waals surface area contributed by atoms with E-state index in [1.807, 2.05) is 44.7 Å². The van der Waals surface area contributed by atoms with Crippen molar-refractivity contribution in [2.45, 2.75) is 45.0 Å². The number of aromatic nitrogens is 1. The molecule has 4 nitrogen and oxygen atoms in total. The van der Waals surface area contributed by atoms with E-state index >= 15 is 0 Å². The topological polar surface area (TPSA) is 51.4 Å². The Morgan fingerprint density at radius 3 is 2.65 bits per heavy atom. The van der Waals surface area contributed by atoms with Crippen molar-refractivity contribution in [3.63, 3.8) is 0 Å². The molecule has 1 fully saturated rings. The zero-order chi connectivity index (χ0) is 15.0. The van der Waals surface area contributed by atoms with E-state index in [4.69, 9.17) is 10.5 Å². The lowest BCUT2D eigenvalue weighted by molar-refractivity contribution is 0.125. The molecule has 112 valence electrons. The number of nitrogen functional groups attached to an aromatic ring is 1. The molecule has 0 aliphatic carbocycles. The van der Waals surface area contributed by atoms with Gasteiger partial charge in [0.2, 0.25) is 5.88 Å². The molecule has 5 heteroatoms. The van der Waals surface area contributed by atoms with Crippen LogP contribution in [0.5, 0.6) is 5.88 Å². The van der Waals surface area contributed by atoms with E-state index in [0.29, 0.717) is 11.6 Å². The Morgan fingerprint density at radius 1 is 1.35 bits per heavy atom. The molecule has 0 bridgehead atoms. The number of ether oxygens (including phenoxy) is 1. The fourth-order valence-corrected chi connectivity index (χ4v) is 3.31. The highest BCUT2D eigenvalue weighted by Gasteiger charge is 2.28. The van der Waals surface area contributed by atoms with Crippen LogP contribution in [0.2, 0.25) is 0 Å². The molecule has 0 atom stereocenters. The smallest absolute Gasteiger partial charge is 0.239 e. The number of nitrogens with zero attached hydrogens (tertiary/aromatic N) is 2. The van der Waals surface area contributed by atoms with Gasteiger partial charge in [-0.2, -0.15) is 16.7 Å². The minimum atomic E-state index is -0.295. The van der Waals surface area contributed by atoms with Crippen LogP contribution in [0.25, 0.3) is 0 Å². The second kappa shape index (κ2) is 5.35. The van der Waals surface area contributed by atoms with Crippen LogP contribution in [-0.2, 0) is 0 Å². The maximum atomic E-state index is 5.97. The Morgan fingerprint density at radius 2 is 2.05 bits per heavy atom. The van der Waals surface area contributed by atoms with Gasteiger partial charge in [-0.05, 0) is 46.8 Å². The molecule has 0 aromatic carbocycles. The van der Waals surface area contributed by atoms with E-state index in [0.717, 1.165) is 24.7 Å². The average Bonchev–Trinajstić information content (AvgIpc) is 2.29. The summed E-state index contributed by atoms with van der Waals surface area (Å²) in [6.45, 7) is 12.6. The molecule has 0 unspecified atom stereocenters. The van der Waals surface area contributed by atoms with E-state index < -0.39 is 0 Å². The fourth-order valence-electron chi connectivity index (χ4n) is 2.20. The summed E-state index contributed by atoms with van der Waals surface area (Å²) >= 11 is 2.01. The van der Waals surface area contributed by atoms with Crippen molar-refractivity contribution in [1.82, 2.24) is 4.98 Å². The van der Waals surface area contributed by atoms with Gasteiger partial charge < -0.3 is 15.4 Å². The van der Waals surface area contributed by atoms with Crippen LogP contribution in [-0.4, -0.2) is 34.2 Å². The normalized spacial score (nSPS) is 18.9. The largest absolute Gasteiger partial charge is 0.470 e. The predicted octanol–water partition coefficient (Wildman–Crippen LogP) is 3.17. The summed E-state index contributed by atoms with van der Waals surface area (Å²) in [6, 6.07) is 3.87. The Labute approximate surface area is 126 Å². The molecule has 1 aliphatic rings. The minimum absolute atomic E-state index is 0.256. The first-order valence-corrected chi connectivity index (χ1v) is 7.99. The predicted molar refractivity (Wildman–Crippen MR) is 87.8 cm³/mol. The number of pyridine rings is 1. The molecule has 0 radical (unpaired) electrons. The first kappa shape index (κ1) is 15.3. The second-order valence-electron chi connectivity index (χ2n) is 6.81. The summed E-state index contributed by atoms with van der Waals surface area (Å²) in [5, 5.41) is 0. The zero-order valence-electron chi connectivity index (χ0n) is 13.1. The Bertz CT molecular complexity index is 482. The third-order valence-electron chi connectivity index (χ3n) is 3.03. The van der Waals surface area contributed by atoms with Gasteiger partial charge in [0.1, 0.15) is 11.4 Å². The first-order chi connectivity index (χ1) is 9.16. The highest BCUT2D eigenvalue weighted by atomic mass is 32.2. The standard InChI is InChI=1S/C15H25N3OS/c1-14(2,3)19-13-11(16)6-7-12(17-13)18-8-9-20-15(4,5)10-18/h6-7H,8-10,16H2,1-5H3. The van der Waals surface area contributed by atoms with E-state index in [1.54, 1.807) is 0 Å². The molecule has 1 aromatic rings. The minimum Gasteiger partial charge on any atom is -0.470 e. The number of hydrogen-bond donors (Lipinski definition) is 1. The van der Waals surface area contributed by atoms with E-state index in [1.165, 1.54) is 0 Å². The van der Waals surface area contributed by atoms with Crippen molar-refractivity contribution in [1.29, 1.82) is 0 Å². The van der Waals surface area contributed by atoms with Gasteiger partial charge in [0, 0.05) is 23.6 Å². The van der Waals surface area contributed by atoms with Crippen LogP contribution in [0, 0.1) is 0 Å². The molecule has 1 saturated heterocycles. The molecule has 0 amide bonds. The summed E-state index contributed by atoms with van der Waals surface area (Å²) in [5.74, 6) is 2.60. The van der Waals surface area contributed by atoms with Gasteiger partial charge in [-0.15, -0.1) is 0 Å². The van der Waals surface area contributed by atoms with Crippen LogP contribution in [0.4, 0.5) is 11.5 Å². The van der Waals surface area contributed by atoms with E-state index in [-0.39, 0.29) is 10.3 Å². The highest BCUT2D eigenvalue weighted by Crippen LogP contribution is 2.33. The SMILES string of the molecule is CC(C)(C)Oc1nc(N2CCSC(C)(C)C2)ccc1N. The Hall–Kier alpha value is -1.10. The lowest BCUT2D eigenvalue weighted by Gasteiger charge is -2.38. The van der Waals surface area contributed by atoms with Crippen molar-refractivity contribution in [3.8, 4) is 5.88 Å². The van der Waals surface area contributed by atoms with Gasteiger partial charge in [-0.25, -0.2) is 0 Å². The maximum Gasteiger partial charge on any atom is 0.239 e. The lowest BCUT2D eigenvalue weighted by atomic mass is 10.2. The number of anilines is 2. The summed E-state index contributed by atoms with van der Waals surface area (Å²) in [7, 11) is 0. The van der Waals surface area contributed by atoms with Gasteiger partial charge in [0.05, 0.1) is 5.69 Å². The van der Waals surface area contributed by atoms with Crippen LogP contribution in [0.1, 0.15) is 34.6 Å². The van der Waals surface area contributed by atoms with Crippen molar-refractivity contribution >= 4 is 23.3 Å². The van der Waals surface area contributed by atoms with Crippen molar-refractivity contribution in [3.05, 3.63) is 12.1 Å². The van der Waals surface area contributed by atoms with E-state index in [2.05, 4.69) is 23.7 Å². The summed E-state index contributed by atoms with van der Waals surface area (Å²) in [5.41, 5.74) is 6.27. The quantitative estimate of drug-likeness (QED) is 0.908. The number of rotatable bonds is 2. The lowest BCUT2D eigenvalue weighted by Crippen LogP contribution is -2.43. The fraction of sp³-hybridized carbons (Fsp3) is 0.667. The molecular weight excluding hydrogens is 270 g/mol. The number of nitrogens with two attached hydrogens (primary N) is 1. The molecule has 20 heavy (non-hydrogen) atoms. The molecular formula is C15H25N3OS. The Balaban J connectivity index is 2.23. The van der Waals surface area contributed by atoms with Crippen LogP contribution in [0.15, 0.2) is 12.1 Å². The maximum absolute atomic E-state index is 5.97. The third-order valence-corrected chi connectivity index (χ3v) is 4.32. The van der Waals surface area contributed by atoms with Crippen molar-refractivity contribution < 1.29 is 4.74 Å². The average molecular weight is 295 g/mol. The second-order valence-corrected chi connectivity index (χ2v) is 8.61. The summed E-state index contributed by atoms with van der Waals surface area (Å²) < 4.78 is 6.10. The summed E-state index contributed by atoms with van der Waals surface area (Å²) in [6.07, 6.45) is 0. The molecule has 1 aliphatic heterocycles. The van der Waals surface area contributed by atoms with Gasteiger partial charge in [0.15, 0.2) is 0 Å². The zero-order valence-corrected chi connectivity index (χ0v) is 13.9. The van der Waals surface area contributed by atoms with Crippen molar-refractivity contribution in [2.75, 3.05) is 29.5 Å². The molecule has 2 heterocycles. The van der Waals surface area contributed by atoms with Crippen LogP contribution >= 0.6 is 11.8 Å². The first-order valence-electron chi connectivity index (χ1n) is 7.01. The van der Waals surface area contributed by atoms with Gasteiger partial charge in [0.25, 0.3) is 0 Å². The number of hydrogen-bond acceptors (Lipinski definition) is 5. The van der Waals surface area contributed by atoms with Gasteiger partial charge >= 0.3 is 0 Å². The molecule has 0 spiro atoms. The van der Waals surface area contributed by atoms with Gasteiger partial charge in [-0.1, -0.05) is 0 Å². The highest BCUT2D eigenvalue weighted by molar-refractivity contribution is 8.00. The third kappa shape index (κ3) is 3.95. The Kier molecular flexibility index (Phi) is 4.09. The van der Waals surface area contributed by atoms with Crippen LogP contribution in [0.3, 0.4) is 0 Å².